The zero-order valence-electron chi connectivity index (χ0n) is 22.3. The number of sulfonamides is 1. The van der Waals surface area contributed by atoms with Crippen LogP contribution in [0.4, 0.5) is 14.5 Å². The molecule has 1 aliphatic carbocycles. The van der Waals surface area contributed by atoms with E-state index in [-0.39, 0.29) is 45.8 Å². The molecule has 43 heavy (non-hydrogen) atoms. The van der Waals surface area contributed by atoms with E-state index in [4.69, 9.17) is 32.7 Å². The molecule has 0 bridgehead atoms. The Bertz CT molecular complexity index is 1550. The van der Waals surface area contributed by atoms with Crippen molar-refractivity contribution in [1.82, 2.24) is 9.71 Å². The summed E-state index contributed by atoms with van der Waals surface area (Å²) in [4.78, 5) is 27.0. The van der Waals surface area contributed by atoms with Crippen LogP contribution in [0.3, 0.4) is 0 Å². The summed E-state index contributed by atoms with van der Waals surface area (Å²) < 4.78 is 69.3. The van der Waals surface area contributed by atoms with Crippen LogP contribution in [0.1, 0.15) is 35.6 Å². The summed E-state index contributed by atoms with van der Waals surface area (Å²) in [5, 5.41) is 11.2. The van der Waals surface area contributed by atoms with Crippen LogP contribution in [0, 0.1) is 16.0 Å². The molecule has 3 aromatic rings. The average molecular weight is 660 g/mol. The molecule has 1 aliphatic rings. The number of rotatable bonds is 15. The van der Waals surface area contributed by atoms with Crippen LogP contribution in [-0.4, -0.2) is 44.1 Å². The number of hydrogen-bond acceptors (Lipinski definition) is 9. The molecule has 0 aliphatic heterocycles. The molecule has 1 saturated carbocycles. The minimum atomic E-state index is -4.05. The summed E-state index contributed by atoms with van der Waals surface area (Å²) >= 11 is 12.6. The quantitative estimate of drug-likeness (QED) is 0.124. The van der Waals surface area contributed by atoms with Gasteiger partial charge in [0.05, 0.1) is 27.3 Å². The number of hydrogen-bond donors (Lipinski definition) is 1. The molecular formula is C27H25Cl2F2N3O8S. The number of alkyl halides is 2. The number of benzene rings is 2. The lowest BCUT2D eigenvalue weighted by Crippen LogP contribution is -2.32. The van der Waals surface area contributed by atoms with Crippen molar-refractivity contribution in [2.45, 2.75) is 37.7 Å². The first kappa shape index (κ1) is 32.3. The highest BCUT2D eigenvalue weighted by Gasteiger charge is 2.26. The predicted octanol–water partition coefficient (Wildman–Crippen LogP) is 5.63. The third kappa shape index (κ3) is 9.71. The minimum Gasteiger partial charge on any atom is -0.489 e. The highest BCUT2D eigenvalue weighted by molar-refractivity contribution is 7.88. The largest absolute Gasteiger partial charge is 0.489 e. The molecule has 230 valence electrons. The molecule has 0 amide bonds. The van der Waals surface area contributed by atoms with Crippen LogP contribution in [0.25, 0.3) is 0 Å². The maximum atomic E-state index is 13.0. The van der Waals surface area contributed by atoms with E-state index in [1.165, 1.54) is 54.9 Å². The molecule has 4 rings (SSSR count). The van der Waals surface area contributed by atoms with Gasteiger partial charge in [0.2, 0.25) is 10.0 Å². The summed E-state index contributed by atoms with van der Waals surface area (Å²) in [6.45, 7) is -3.57. The number of pyridine rings is 1. The molecule has 0 unspecified atom stereocenters. The lowest BCUT2D eigenvalue weighted by molar-refractivity contribution is -0.384. The van der Waals surface area contributed by atoms with Crippen molar-refractivity contribution in [2.24, 2.45) is 5.92 Å². The second-order valence-corrected chi connectivity index (χ2v) is 12.2. The van der Waals surface area contributed by atoms with Crippen LogP contribution in [0.2, 0.25) is 10.0 Å². The van der Waals surface area contributed by atoms with Crippen LogP contribution >= 0.6 is 23.2 Å². The normalized spacial score (nSPS) is 13.9. The topological polar surface area (TPSA) is 147 Å². The van der Waals surface area contributed by atoms with Gasteiger partial charge in [-0.05, 0) is 47.6 Å². The summed E-state index contributed by atoms with van der Waals surface area (Å²) in [6.07, 6.45) is 3.41. The van der Waals surface area contributed by atoms with Gasteiger partial charge in [-0.25, -0.2) is 13.1 Å². The highest BCUT2D eigenvalue weighted by atomic mass is 35.5. The fourth-order valence-electron chi connectivity index (χ4n) is 3.92. The molecule has 16 heteroatoms. The number of non-ortho nitro benzene ring substituents is 1. The molecule has 1 N–H and O–H groups in total. The third-order valence-electron chi connectivity index (χ3n) is 6.28. The molecule has 1 heterocycles. The van der Waals surface area contributed by atoms with Crippen LogP contribution < -0.4 is 14.2 Å². The van der Waals surface area contributed by atoms with Gasteiger partial charge in [-0.3, -0.25) is 19.9 Å². The first-order valence-electron chi connectivity index (χ1n) is 12.8. The Morgan fingerprint density at radius 1 is 1.09 bits per heavy atom. The van der Waals surface area contributed by atoms with Gasteiger partial charge >= 0.3 is 12.6 Å². The van der Waals surface area contributed by atoms with Crippen molar-refractivity contribution in [3.05, 3.63) is 91.7 Å². The van der Waals surface area contributed by atoms with Crippen molar-refractivity contribution in [1.29, 1.82) is 0 Å². The number of carbonyl (C=O) groups excluding carboxylic acids is 1. The summed E-state index contributed by atoms with van der Waals surface area (Å²) in [6, 6.07) is 8.98. The number of aromatic nitrogens is 1. The van der Waals surface area contributed by atoms with Gasteiger partial charge in [-0.1, -0.05) is 41.4 Å². The molecule has 1 aromatic heterocycles. The molecule has 0 spiro atoms. The average Bonchev–Trinajstić information content (AvgIpc) is 3.77. The van der Waals surface area contributed by atoms with Gasteiger partial charge in [-0.2, -0.15) is 8.78 Å². The standard InChI is InChI=1S/C27H25Cl2F2N3O8S/c28-21-11-32-12-22(29)20(21)10-24(18-5-8-23(42-27(30)31)25(9-18)40-14-16-1-2-16)41-26(35)13-33-43(38,39)15-17-3-6-19(7-4-17)34(36)37/h3-9,11-12,16,24,27,33H,1-2,10,13-15H2/t24-/m0/s1. The van der Waals surface area contributed by atoms with Crippen molar-refractivity contribution < 1.29 is 41.1 Å². The maximum absolute atomic E-state index is 13.0. The molecule has 0 radical (unpaired) electrons. The summed E-state index contributed by atoms with van der Waals surface area (Å²) in [5.41, 5.74) is 0.755. The predicted molar refractivity (Wildman–Crippen MR) is 152 cm³/mol. The third-order valence-corrected chi connectivity index (χ3v) is 8.23. The van der Waals surface area contributed by atoms with E-state index in [9.17, 15) is 32.1 Å². The van der Waals surface area contributed by atoms with E-state index in [1.807, 2.05) is 0 Å². The zero-order valence-corrected chi connectivity index (χ0v) is 24.6. The van der Waals surface area contributed by atoms with Crippen LogP contribution in [-0.2, 0) is 31.7 Å². The number of nitrogens with zero attached hydrogens (tertiary/aromatic N) is 2. The molecular weight excluding hydrogens is 635 g/mol. The van der Waals surface area contributed by atoms with Crippen molar-refractivity contribution >= 4 is 44.9 Å². The molecule has 0 saturated heterocycles. The molecule has 1 fully saturated rings. The van der Waals surface area contributed by atoms with Crippen molar-refractivity contribution in [3.8, 4) is 11.5 Å². The van der Waals surface area contributed by atoms with E-state index in [0.717, 1.165) is 12.8 Å². The number of ether oxygens (including phenoxy) is 3. The fourth-order valence-corrected chi connectivity index (χ4v) is 5.51. The molecule has 2 aromatic carbocycles. The van der Waals surface area contributed by atoms with E-state index >= 15 is 0 Å². The Hall–Kier alpha value is -3.59. The van der Waals surface area contributed by atoms with E-state index in [1.54, 1.807) is 0 Å². The summed E-state index contributed by atoms with van der Waals surface area (Å²) in [5.74, 6) is -1.40. The second kappa shape index (κ2) is 14.3. The van der Waals surface area contributed by atoms with Crippen molar-refractivity contribution in [3.63, 3.8) is 0 Å². The van der Waals surface area contributed by atoms with Gasteiger partial charge in [0, 0.05) is 30.9 Å². The smallest absolute Gasteiger partial charge is 0.387 e. The maximum Gasteiger partial charge on any atom is 0.387 e. The number of nitro benzene ring substituents is 1. The van der Waals surface area contributed by atoms with Gasteiger partial charge in [0.25, 0.3) is 5.69 Å². The summed E-state index contributed by atoms with van der Waals surface area (Å²) in [7, 11) is -4.05. The van der Waals surface area contributed by atoms with E-state index in [2.05, 4.69) is 14.4 Å². The fraction of sp³-hybridized carbons (Fsp3) is 0.333. The van der Waals surface area contributed by atoms with Gasteiger partial charge < -0.3 is 14.2 Å². The Balaban J connectivity index is 1.52. The highest BCUT2D eigenvalue weighted by Crippen LogP contribution is 2.37. The Kier molecular flexibility index (Phi) is 10.7. The van der Waals surface area contributed by atoms with E-state index in [0.29, 0.717) is 17.0 Å². The van der Waals surface area contributed by atoms with Crippen LogP contribution in [0.5, 0.6) is 11.5 Å². The lowest BCUT2D eigenvalue weighted by atomic mass is 10.0. The lowest BCUT2D eigenvalue weighted by Gasteiger charge is -2.21. The number of carbonyl (C=O) groups is 1. The van der Waals surface area contributed by atoms with Gasteiger partial charge in [0.15, 0.2) is 11.5 Å². The number of halogens is 4. The Morgan fingerprint density at radius 3 is 2.37 bits per heavy atom. The monoisotopic (exact) mass is 659 g/mol. The number of nitrogens with one attached hydrogen (secondary N) is 1. The van der Waals surface area contributed by atoms with Crippen molar-refractivity contribution in [2.75, 3.05) is 13.2 Å². The molecule has 1 atom stereocenters. The second-order valence-electron chi connectivity index (χ2n) is 9.61. The Labute approximate surface area is 255 Å². The number of esters is 1. The minimum absolute atomic E-state index is 0.0153. The first-order valence-corrected chi connectivity index (χ1v) is 15.2. The van der Waals surface area contributed by atoms with E-state index < -0.39 is 45.9 Å². The SMILES string of the molecule is O=C(CNS(=O)(=O)Cc1ccc([N+](=O)[O-])cc1)O[C@@H](Cc1c(Cl)cncc1Cl)c1ccc(OC(F)F)c(OCC2CC2)c1. The van der Waals surface area contributed by atoms with Gasteiger partial charge in [0.1, 0.15) is 12.6 Å². The Morgan fingerprint density at radius 2 is 1.77 bits per heavy atom. The molecule has 11 nitrogen and oxygen atoms in total. The number of nitro groups is 1. The first-order chi connectivity index (χ1) is 20.4. The zero-order chi connectivity index (χ0) is 31.1. The van der Waals surface area contributed by atoms with Crippen LogP contribution in [0.15, 0.2) is 54.9 Å². The van der Waals surface area contributed by atoms with Gasteiger partial charge in [-0.15, -0.1) is 0 Å².